The van der Waals surface area contributed by atoms with Gasteiger partial charge in [-0.1, -0.05) is 42.0 Å². The lowest BCUT2D eigenvalue weighted by Gasteiger charge is -2.10. The topological polar surface area (TPSA) is 50.4 Å². The normalized spacial score (nSPS) is 10.1. The Kier molecular flexibility index (Phi) is 5.83. The molecule has 2 aromatic rings. The molecule has 0 saturated heterocycles. The second-order valence-electron chi connectivity index (χ2n) is 5.20. The van der Waals surface area contributed by atoms with E-state index in [1.54, 1.807) is 0 Å². The van der Waals surface area contributed by atoms with Crippen LogP contribution in [0.4, 0.5) is 4.79 Å². The van der Waals surface area contributed by atoms with E-state index in [4.69, 9.17) is 4.74 Å². The number of urea groups is 1. The van der Waals surface area contributed by atoms with Gasteiger partial charge in [0.05, 0.1) is 6.54 Å². The molecule has 2 aromatic carbocycles. The van der Waals surface area contributed by atoms with Gasteiger partial charge in [-0.3, -0.25) is 0 Å². The Hall–Kier alpha value is -2.49. The average molecular weight is 298 g/mol. The van der Waals surface area contributed by atoms with Gasteiger partial charge in [-0.2, -0.15) is 0 Å². The monoisotopic (exact) mass is 298 g/mol. The highest BCUT2D eigenvalue weighted by Crippen LogP contribution is 2.10. The SMILES string of the molecule is Cc1ccc(OCCNC(=O)NCc2ccccc2C)cc1. The molecule has 0 spiro atoms. The highest BCUT2D eigenvalue weighted by atomic mass is 16.5. The number of benzene rings is 2. The molecule has 0 aliphatic heterocycles. The first-order valence-corrected chi connectivity index (χ1v) is 7.41. The van der Waals surface area contributed by atoms with Crippen LogP contribution in [-0.4, -0.2) is 19.2 Å². The Labute approximate surface area is 131 Å². The fourth-order valence-corrected chi connectivity index (χ4v) is 2.01. The van der Waals surface area contributed by atoms with E-state index in [2.05, 4.69) is 10.6 Å². The lowest BCUT2D eigenvalue weighted by atomic mass is 10.1. The fraction of sp³-hybridized carbons (Fsp3) is 0.278. The van der Waals surface area contributed by atoms with E-state index in [1.165, 1.54) is 11.1 Å². The molecule has 0 fully saturated rings. The van der Waals surface area contributed by atoms with Gasteiger partial charge in [0.25, 0.3) is 0 Å². The number of carbonyl (C=O) groups excluding carboxylic acids is 1. The van der Waals surface area contributed by atoms with Crippen LogP contribution in [0.15, 0.2) is 48.5 Å². The second-order valence-corrected chi connectivity index (χ2v) is 5.20. The molecule has 22 heavy (non-hydrogen) atoms. The van der Waals surface area contributed by atoms with Crippen molar-refractivity contribution in [3.63, 3.8) is 0 Å². The highest BCUT2D eigenvalue weighted by molar-refractivity contribution is 5.73. The first kappa shape index (κ1) is 15.9. The van der Waals surface area contributed by atoms with Crippen molar-refractivity contribution in [1.29, 1.82) is 0 Å². The Balaban J connectivity index is 1.64. The molecule has 2 rings (SSSR count). The summed E-state index contributed by atoms with van der Waals surface area (Å²) >= 11 is 0. The van der Waals surface area contributed by atoms with Gasteiger partial charge in [0, 0.05) is 6.54 Å². The van der Waals surface area contributed by atoms with Gasteiger partial charge in [0.2, 0.25) is 0 Å². The zero-order valence-corrected chi connectivity index (χ0v) is 13.1. The van der Waals surface area contributed by atoms with Gasteiger partial charge >= 0.3 is 6.03 Å². The summed E-state index contributed by atoms with van der Waals surface area (Å²) in [4.78, 5) is 11.7. The van der Waals surface area contributed by atoms with Crippen molar-refractivity contribution >= 4 is 6.03 Å². The van der Waals surface area contributed by atoms with Crippen molar-refractivity contribution in [2.24, 2.45) is 0 Å². The molecule has 0 aliphatic carbocycles. The van der Waals surface area contributed by atoms with Gasteiger partial charge < -0.3 is 15.4 Å². The van der Waals surface area contributed by atoms with Crippen LogP contribution < -0.4 is 15.4 Å². The number of hydrogen-bond donors (Lipinski definition) is 2. The highest BCUT2D eigenvalue weighted by Gasteiger charge is 2.02. The van der Waals surface area contributed by atoms with Crippen molar-refractivity contribution in [2.45, 2.75) is 20.4 Å². The minimum atomic E-state index is -0.184. The van der Waals surface area contributed by atoms with Crippen LogP contribution in [0, 0.1) is 13.8 Å². The van der Waals surface area contributed by atoms with E-state index in [-0.39, 0.29) is 6.03 Å². The number of ether oxygens (including phenoxy) is 1. The molecular formula is C18H22N2O2. The van der Waals surface area contributed by atoms with E-state index in [9.17, 15) is 4.79 Å². The maximum Gasteiger partial charge on any atom is 0.315 e. The standard InChI is InChI=1S/C18H22N2O2/c1-14-7-9-17(10-8-14)22-12-11-19-18(21)20-13-16-6-4-3-5-15(16)2/h3-10H,11-13H2,1-2H3,(H2,19,20,21). The molecule has 0 aliphatic rings. The van der Waals surface area contributed by atoms with Crippen LogP contribution >= 0.6 is 0 Å². The summed E-state index contributed by atoms with van der Waals surface area (Å²) in [5.41, 5.74) is 3.49. The number of rotatable bonds is 6. The van der Waals surface area contributed by atoms with Crippen LogP contribution in [0.1, 0.15) is 16.7 Å². The van der Waals surface area contributed by atoms with Gasteiger partial charge in [-0.15, -0.1) is 0 Å². The molecule has 116 valence electrons. The molecule has 0 atom stereocenters. The summed E-state index contributed by atoms with van der Waals surface area (Å²) in [6.45, 7) is 5.50. The van der Waals surface area contributed by atoms with E-state index in [0.29, 0.717) is 19.7 Å². The number of nitrogens with one attached hydrogen (secondary N) is 2. The average Bonchev–Trinajstić information content (AvgIpc) is 2.52. The van der Waals surface area contributed by atoms with Crippen molar-refractivity contribution in [1.82, 2.24) is 10.6 Å². The maximum atomic E-state index is 11.7. The lowest BCUT2D eigenvalue weighted by Crippen LogP contribution is -2.37. The van der Waals surface area contributed by atoms with Crippen molar-refractivity contribution < 1.29 is 9.53 Å². The third-order valence-electron chi connectivity index (χ3n) is 3.38. The van der Waals surface area contributed by atoms with Crippen molar-refractivity contribution in [2.75, 3.05) is 13.2 Å². The van der Waals surface area contributed by atoms with Crippen molar-refractivity contribution in [3.05, 3.63) is 65.2 Å². The van der Waals surface area contributed by atoms with E-state index >= 15 is 0 Å². The zero-order chi connectivity index (χ0) is 15.8. The molecule has 0 saturated carbocycles. The smallest absolute Gasteiger partial charge is 0.315 e. The molecule has 0 heterocycles. The quantitative estimate of drug-likeness (QED) is 0.805. The summed E-state index contributed by atoms with van der Waals surface area (Å²) in [7, 11) is 0. The Bertz CT molecular complexity index is 609. The Morgan fingerprint density at radius 1 is 1.00 bits per heavy atom. The number of amides is 2. The molecule has 2 N–H and O–H groups in total. The summed E-state index contributed by atoms with van der Waals surface area (Å²) in [5.74, 6) is 0.813. The molecule has 4 heteroatoms. The first-order valence-electron chi connectivity index (χ1n) is 7.41. The van der Waals surface area contributed by atoms with Crippen LogP contribution in [-0.2, 0) is 6.54 Å². The largest absolute Gasteiger partial charge is 0.492 e. The first-order chi connectivity index (χ1) is 10.6. The summed E-state index contributed by atoms with van der Waals surface area (Å²) in [6, 6.07) is 15.7. The number of aryl methyl sites for hydroxylation is 2. The molecular weight excluding hydrogens is 276 g/mol. The second kappa shape index (κ2) is 8.08. The Morgan fingerprint density at radius 3 is 2.45 bits per heavy atom. The predicted molar refractivity (Wildman–Crippen MR) is 88.1 cm³/mol. The summed E-state index contributed by atoms with van der Waals surface area (Å²) in [5, 5.41) is 5.62. The number of carbonyl (C=O) groups is 1. The third kappa shape index (κ3) is 5.13. The lowest BCUT2D eigenvalue weighted by molar-refractivity contribution is 0.236. The fourth-order valence-electron chi connectivity index (χ4n) is 2.01. The van der Waals surface area contributed by atoms with E-state index in [1.807, 2.05) is 62.4 Å². The van der Waals surface area contributed by atoms with Gasteiger partial charge in [-0.25, -0.2) is 4.79 Å². The van der Waals surface area contributed by atoms with Crippen LogP contribution in [0.25, 0.3) is 0 Å². The molecule has 2 amide bonds. The van der Waals surface area contributed by atoms with E-state index in [0.717, 1.165) is 11.3 Å². The van der Waals surface area contributed by atoms with Gasteiger partial charge in [0.15, 0.2) is 0 Å². The molecule has 0 unspecified atom stereocenters. The minimum absolute atomic E-state index is 0.184. The van der Waals surface area contributed by atoms with Crippen molar-refractivity contribution in [3.8, 4) is 5.75 Å². The minimum Gasteiger partial charge on any atom is -0.492 e. The maximum absolute atomic E-state index is 11.7. The third-order valence-corrected chi connectivity index (χ3v) is 3.38. The van der Waals surface area contributed by atoms with E-state index < -0.39 is 0 Å². The van der Waals surface area contributed by atoms with Gasteiger partial charge in [-0.05, 0) is 37.1 Å². The van der Waals surface area contributed by atoms with Crippen LogP contribution in [0.3, 0.4) is 0 Å². The summed E-state index contributed by atoms with van der Waals surface area (Å²) < 4.78 is 5.55. The predicted octanol–water partition coefficient (Wildman–Crippen LogP) is 3.18. The number of hydrogen-bond acceptors (Lipinski definition) is 2. The van der Waals surface area contributed by atoms with Crippen LogP contribution in [0.2, 0.25) is 0 Å². The molecule has 4 nitrogen and oxygen atoms in total. The zero-order valence-electron chi connectivity index (χ0n) is 13.1. The molecule has 0 aromatic heterocycles. The summed E-state index contributed by atoms with van der Waals surface area (Å²) in [6.07, 6.45) is 0. The van der Waals surface area contributed by atoms with Gasteiger partial charge in [0.1, 0.15) is 12.4 Å². The molecule has 0 radical (unpaired) electrons. The van der Waals surface area contributed by atoms with Crippen LogP contribution in [0.5, 0.6) is 5.75 Å². The Morgan fingerprint density at radius 2 is 1.73 bits per heavy atom. The molecule has 0 bridgehead atoms.